The molecule has 0 radical (unpaired) electrons. The molecule has 0 aromatic heterocycles. The Kier molecular flexibility index (Phi) is 7.08. The van der Waals surface area contributed by atoms with Crippen LogP contribution in [0.5, 0.6) is 0 Å². The van der Waals surface area contributed by atoms with Crippen molar-refractivity contribution < 1.29 is 12.8 Å². The molecule has 28 heavy (non-hydrogen) atoms. The van der Waals surface area contributed by atoms with E-state index in [2.05, 4.69) is 17.0 Å². The summed E-state index contributed by atoms with van der Waals surface area (Å²) in [5, 5.41) is 3.57. The van der Waals surface area contributed by atoms with Crippen molar-refractivity contribution in [3.63, 3.8) is 0 Å². The van der Waals surface area contributed by atoms with Crippen LogP contribution in [-0.2, 0) is 29.3 Å². The van der Waals surface area contributed by atoms with E-state index < -0.39 is 10.0 Å². The van der Waals surface area contributed by atoms with E-state index in [-0.39, 0.29) is 11.6 Å². The van der Waals surface area contributed by atoms with Crippen molar-refractivity contribution in [3.8, 4) is 0 Å². The zero-order valence-electron chi connectivity index (χ0n) is 16.4. The second kappa shape index (κ2) is 9.52. The molecule has 0 saturated heterocycles. The second-order valence-electron chi connectivity index (χ2n) is 7.42. The average Bonchev–Trinajstić information content (AvgIpc) is 2.70. The molecule has 1 aliphatic rings. The van der Waals surface area contributed by atoms with Crippen molar-refractivity contribution >= 4 is 15.7 Å². The summed E-state index contributed by atoms with van der Waals surface area (Å²) in [6.45, 7) is 2.83. The summed E-state index contributed by atoms with van der Waals surface area (Å²) in [5.41, 5.74) is 4.05. The Morgan fingerprint density at radius 3 is 2.61 bits per heavy atom. The average molecular weight is 405 g/mol. The molecule has 2 aromatic carbocycles. The third-order valence-electron chi connectivity index (χ3n) is 5.20. The van der Waals surface area contributed by atoms with Crippen LogP contribution >= 0.6 is 0 Å². The Hall–Kier alpha value is -1.92. The van der Waals surface area contributed by atoms with Gasteiger partial charge in [-0.2, -0.15) is 0 Å². The summed E-state index contributed by atoms with van der Waals surface area (Å²) in [5.74, 6) is 0. The van der Waals surface area contributed by atoms with Crippen molar-refractivity contribution in [1.82, 2.24) is 5.32 Å². The fourth-order valence-corrected chi connectivity index (χ4v) is 4.71. The van der Waals surface area contributed by atoms with Gasteiger partial charge in [0, 0.05) is 11.7 Å². The summed E-state index contributed by atoms with van der Waals surface area (Å²) in [7, 11) is -3.64. The number of sulfonamides is 1. The van der Waals surface area contributed by atoms with E-state index in [0.717, 1.165) is 37.8 Å². The van der Waals surface area contributed by atoms with Crippen LogP contribution in [0.4, 0.5) is 10.1 Å². The molecule has 0 heterocycles. The molecular weight excluding hydrogens is 375 g/mol. The molecule has 3 rings (SSSR count). The molecular formula is C22H29FN2O2S. The first kappa shape index (κ1) is 20.8. The van der Waals surface area contributed by atoms with Gasteiger partial charge in [-0.25, -0.2) is 8.42 Å². The van der Waals surface area contributed by atoms with E-state index in [1.54, 1.807) is 24.3 Å². The molecule has 0 amide bonds. The fraction of sp³-hybridized carbons (Fsp3) is 0.455. The third-order valence-corrected chi connectivity index (χ3v) is 6.60. The van der Waals surface area contributed by atoms with Gasteiger partial charge in [0.2, 0.25) is 0 Å². The first-order chi connectivity index (χ1) is 13.5. The molecule has 152 valence electrons. The van der Waals surface area contributed by atoms with E-state index in [4.69, 9.17) is 0 Å². The fourth-order valence-electron chi connectivity index (χ4n) is 3.66. The van der Waals surface area contributed by atoms with Gasteiger partial charge in [-0.05, 0) is 86.0 Å². The molecule has 0 saturated carbocycles. The third kappa shape index (κ3) is 5.32. The number of anilines is 1. The predicted molar refractivity (Wildman–Crippen MR) is 112 cm³/mol. The molecule has 2 aromatic rings. The van der Waals surface area contributed by atoms with Gasteiger partial charge in [0.05, 0.1) is 11.6 Å². The van der Waals surface area contributed by atoms with Gasteiger partial charge in [-0.15, -0.1) is 0 Å². The maximum Gasteiger partial charge on any atom is 0.261 e. The van der Waals surface area contributed by atoms with Crippen LogP contribution in [0.25, 0.3) is 0 Å². The van der Waals surface area contributed by atoms with Crippen molar-refractivity contribution in [2.24, 2.45) is 0 Å². The summed E-state index contributed by atoms with van der Waals surface area (Å²) in [6, 6.07) is 13.0. The Morgan fingerprint density at radius 1 is 1.11 bits per heavy atom. The van der Waals surface area contributed by atoms with E-state index in [1.165, 1.54) is 11.1 Å². The number of halogens is 1. The summed E-state index contributed by atoms with van der Waals surface area (Å²) >= 11 is 0. The lowest BCUT2D eigenvalue weighted by Gasteiger charge is -2.26. The van der Waals surface area contributed by atoms with Gasteiger partial charge in [-0.3, -0.25) is 9.11 Å². The van der Waals surface area contributed by atoms with E-state index in [9.17, 15) is 12.8 Å². The lowest BCUT2D eigenvalue weighted by molar-refractivity contribution is 0.459. The van der Waals surface area contributed by atoms with Crippen LogP contribution in [0, 0.1) is 0 Å². The predicted octanol–water partition coefficient (Wildman–Crippen LogP) is 4.25. The number of hydrogen-bond donors (Lipinski definition) is 2. The van der Waals surface area contributed by atoms with Crippen molar-refractivity contribution in [2.45, 2.75) is 56.4 Å². The first-order valence-electron chi connectivity index (χ1n) is 10.0. The number of alkyl halides is 1. The van der Waals surface area contributed by atoms with Gasteiger partial charge in [0.1, 0.15) is 0 Å². The minimum Gasteiger partial charge on any atom is -0.314 e. The highest BCUT2D eigenvalue weighted by Gasteiger charge is 2.20. The van der Waals surface area contributed by atoms with E-state index in [1.807, 2.05) is 18.2 Å². The minimum atomic E-state index is -3.64. The number of hydrogen-bond acceptors (Lipinski definition) is 3. The summed E-state index contributed by atoms with van der Waals surface area (Å²) in [6.07, 6.45) is 5.21. The first-order valence-corrected chi connectivity index (χ1v) is 11.5. The van der Waals surface area contributed by atoms with Gasteiger partial charge >= 0.3 is 0 Å². The highest BCUT2D eigenvalue weighted by atomic mass is 32.2. The number of aryl methyl sites for hydroxylation is 2. The van der Waals surface area contributed by atoms with Crippen LogP contribution in [0.3, 0.4) is 0 Å². The molecule has 0 bridgehead atoms. The maximum absolute atomic E-state index is 12.7. The number of fused-ring (bicyclic) bond motifs is 1. The Balaban J connectivity index is 1.68. The molecule has 2 N–H and O–H groups in total. The van der Waals surface area contributed by atoms with Gasteiger partial charge in [0.15, 0.2) is 0 Å². The summed E-state index contributed by atoms with van der Waals surface area (Å²) < 4.78 is 40.3. The highest BCUT2D eigenvalue weighted by Crippen LogP contribution is 2.26. The highest BCUT2D eigenvalue weighted by molar-refractivity contribution is 7.92. The van der Waals surface area contributed by atoms with Crippen LogP contribution in [-0.4, -0.2) is 27.7 Å². The Labute approximate surface area is 167 Å². The molecule has 4 nitrogen and oxygen atoms in total. The van der Waals surface area contributed by atoms with Crippen LogP contribution < -0.4 is 10.0 Å². The topological polar surface area (TPSA) is 58.2 Å². The second-order valence-corrected chi connectivity index (χ2v) is 9.10. The normalized spacial score (nSPS) is 16.6. The zero-order valence-corrected chi connectivity index (χ0v) is 17.2. The largest absolute Gasteiger partial charge is 0.314 e. The molecule has 1 aliphatic carbocycles. The van der Waals surface area contributed by atoms with E-state index >= 15 is 0 Å². The minimum absolute atomic E-state index is 0.220. The standard InChI is InChI=1S/C22H29FN2O2S/c1-2-14-24-20-9-7-19-16-21(10-8-18(19)15-20)25-28(26,27)22-11-5-17(6-12-22)4-3-13-23/h5-6,8,10-12,16,20,24-25H,2-4,7,9,13-15H2,1H3/t20-/m0/s1. The number of nitrogens with one attached hydrogen (secondary N) is 2. The lowest BCUT2D eigenvalue weighted by atomic mass is 9.88. The van der Waals surface area contributed by atoms with Crippen LogP contribution in [0.2, 0.25) is 0 Å². The number of benzene rings is 2. The quantitative estimate of drug-likeness (QED) is 0.657. The van der Waals surface area contributed by atoms with Crippen molar-refractivity contribution in [2.75, 3.05) is 17.9 Å². The molecule has 0 unspecified atom stereocenters. The molecule has 1 atom stereocenters. The van der Waals surface area contributed by atoms with Gasteiger partial charge in [-0.1, -0.05) is 25.1 Å². The monoisotopic (exact) mass is 404 g/mol. The molecule has 0 aliphatic heterocycles. The maximum atomic E-state index is 12.7. The number of rotatable bonds is 9. The zero-order chi connectivity index (χ0) is 20.0. The van der Waals surface area contributed by atoms with E-state index in [0.29, 0.717) is 24.6 Å². The Bertz CT molecular complexity index is 882. The molecule has 0 spiro atoms. The SMILES string of the molecule is CCCN[C@H]1CCc2cc(NS(=O)(=O)c3ccc(CCCF)cc3)ccc2C1. The van der Waals surface area contributed by atoms with Gasteiger partial charge in [0.25, 0.3) is 10.0 Å². The van der Waals surface area contributed by atoms with Gasteiger partial charge < -0.3 is 5.32 Å². The molecule has 0 fully saturated rings. The van der Waals surface area contributed by atoms with Crippen LogP contribution in [0.15, 0.2) is 47.4 Å². The van der Waals surface area contributed by atoms with Crippen molar-refractivity contribution in [1.29, 1.82) is 0 Å². The molecule has 6 heteroatoms. The van der Waals surface area contributed by atoms with Crippen LogP contribution in [0.1, 0.15) is 42.9 Å². The Morgan fingerprint density at radius 2 is 1.89 bits per heavy atom. The smallest absolute Gasteiger partial charge is 0.261 e. The summed E-state index contributed by atoms with van der Waals surface area (Å²) in [4.78, 5) is 0.220. The van der Waals surface area contributed by atoms with Crippen molar-refractivity contribution in [3.05, 3.63) is 59.2 Å². The lowest BCUT2D eigenvalue weighted by Crippen LogP contribution is -2.35.